The quantitative estimate of drug-likeness (QED) is 0.575. The Balaban J connectivity index is 0.00000133. The fraction of sp³-hybridized carbons (Fsp3) is 0.0625. The second-order valence-corrected chi connectivity index (χ2v) is 4.20. The van der Waals surface area contributed by atoms with Gasteiger partial charge in [0.25, 0.3) is 0 Å². The summed E-state index contributed by atoms with van der Waals surface area (Å²) in [6, 6.07) is 21.7. The first kappa shape index (κ1) is 13.7. The fourth-order valence-corrected chi connectivity index (χ4v) is 2.06. The van der Waals surface area contributed by atoms with Crippen LogP contribution >= 0.6 is 0 Å². The summed E-state index contributed by atoms with van der Waals surface area (Å²) in [4.78, 5) is 0. The fourth-order valence-electron chi connectivity index (χ4n) is 2.06. The van der Waals surface area contributed by atoms with Crippen molar-refractivity contribution in [3.05, 3.63) is 66.9 Å². The summed E-state index contributed by atoms with van der Waals surface area (Å²) in [5, 5.41) is 4.45. The smallest absolute Gasteiger partial charge is 0.0288 e. The minimum Gasteiger partial charge on any atom is -0.285 e. The molecule has 0 unspecified atom stereocenters. The molecule has 0 aliphatic carbocycles. The minimum atomic E-state index is 0. The molecule has 1 aromatic heterocycles. The first-order valence-corrected chi connectivity index (χ1v) is 5.91. The molecule has 0 saturated heterocycles. The van der Waals surface area contributed by atoms with Gasteiger partial charge in [-0.1, -0.05) is 47.5 Å². The molecule has 0 atom stereocenters. The Morgan fingerprint density at radius 3 is 2.47 bits per heavy atom. The van der Waals surface area contributed by atoms with E-state index < -0.39 is 0 Å². The van der Waals surface area contributed by atoms with Crippen LogP contribution in [0.3, 0.4) is 0 Å². The summed E-state index contributed by atoms with van der Waals surface area (Å²) in [7, 11) is 1.93. The molecule has 2 aromatic carbocycles. The maximum Gasteiger partial charge on any atom is 0.0288 e. The van der Waals surface area contributed by atoms with Crippen molar-refractivity contribution in [2.24, 2.45) is 7.05 Å². The van der Waals surface area contributed by atoms with Crippen LogP contribution in [-0.4, -0.2) is 9.78 Å². The minimum absolute atomic E-state index is 0. The third-order valence-corrected chi connectivity index (χ3v) is 2.91. The van der Waals surface area contributed by atoms with Crippen molar-refractivity contribution in [1.29, 1.82) is 0 Å². The molecule has 3 rings (SSSR count). The normalized spacial score (nSPS) is 9.95. The Bertz CT molecular complexity index is 659. The van der Waals surface area contributed by atoms with E-state index in [1.165, 1.54) is 5.56 Å². The van der Waals surface area contributed by atoms with Gasteiger partial charge in [-0.2, -0.15) is 0 Å². The predicted octanol–water partition coefficient (Wildman–Crippen LogP) is 3.55. The number of aromatic nitrogens is 2. The molecule has 0 saturated carbocycles. The van der Waals surface area contributed by atoms with Crippen LogP contribution in [0.2, 0.25) is 0 Å². The molecule has 0 aliphatic rings. The summed E-state index contributed by atoms with van der Waals surface area (Å²) in [5.74, 6) is 0. The Labute approximate surface area is 126 Å². The van der Waals surface area contributed by atoms with Crippen LogP contribution in [0.25, 0.3) is 22.4 Å². The Morgan fingerprint density at radius 1 is 1.00 bits per heavy atom. The van der Waals surface area contributed by atoms with Crippen LogP contribution in [0, 0.1) is 6.07 Å². The van der Waals surface area contributed by atoms with E-state index >= 15 is 0 Å². The summed E-state index contributed by atoms with van der Waals surface area (Å²) < 4.78 is 1.81. The van der Waals surface area contributed by atoms with Gasteiger partial charge in [-0.15, -0.1) is 29.8 Å². The van der Waals surface area contributed by atoms with Crippen LogP contribution in [0.15, 0.2) is 60.8 Å². The van der Waals surface area contributed by atoms with E-state index in [1.54, 1.807) is 0 Å². The number of nitrogens with zero attached hydrogens (tertiary/aromatic N) is 2. The number of hydrogen-bond acceptors (Lipinski definition) is 1. The third kappa shape index (κ3) is 2.83. The standard InChI is InChI=1S/C16H13N2.Ir/c1-18-12-11-16(17-18)15-10-6-5-9-14(15)13-7-3-2-4-8-13;/h2-9,11-12H,1H3;/q-1;. The molecule has 3 heteroatoms. The summed E-state index contributed by atoms with van der Waals surface area (Å²) >= 11 is 0. The van der Waals surface area contributed by atoms with Crippen LogP contribution < -0.4 is 0 Å². The van der Waals surface area contributed by atoms with E-state index in [0.717, 1.165) is 16.8 Å². The average Bonchev–Trinajstić information content (AvgIpc) is 2.86. The second-order valence-electron chi connectivity index (χ2n) is 4.20. The van der Waals surface area contributed by atoms with Crippen molar-refractivity contribution in [2.45, 2.75) is 0 Å². The Kier molecular flexibility index (Phi) is 4.31. The monoisotopic (exact) mass is 426 g/mol. The molecule has 2 nitrogen and oxygen atoms in total. The van der Waals surface area contributed by atoms with Gasteiger partial charge in [-0.3, -0.25) is 4.68 Å². The van der Waals surface area contributed by atoms with Crippen molar-refractivity contribution < 1.29 is 20.1 Å². The van der Waals surface area contributed by atoms with E-state index in [4.69, 9.17) is 0 Å². The zero-order valence-corrected chi connectivity index (χ0v) is 12.9. The van der Waals surface area contributed by atoms with E-state index in [9.17, 15) is 0 Å². The molecular formula is C16H13IrN2-. The van der Waals surface area contributed by atoms with Gasteiger partial charge < -0.3 is 0 Å². The molecule has 0 aliphatic heterocycles. The van der Waals surface area contributed by atoms with Gasteiger partial charge in [0.05, 0.1) is 0 Å². The Morgan fingerprint density at radius 2 is 1.79 bits per heavy atom. The molecule has 0 N–H and O–H groups in total. The van der Waals surface area contributed by atoms with Gasteiger partial charge in [0.1, 0.15) is 0 Å². The predicted molar refractivity (Wildman–Crippen MR) is 72.9 cm³/mol. The van der Waals surface area contributed by atoms with E-state index in [0.29, 0.717) is 0 Å². The molecule has 1 radical (unpaired) electrons. The van der Waals surface area contributed by atoms with Gasteiger partial charge in [-0.05, 0) is 0 Å². The molecule has 0 bridgehead atoms. The number of hydrogen-bond donors (Lipinski definition) is 0. The number of benzene rings is 2. The maximum absolute atomic E-state index is 4.45. The second kappa shape index (κ2) is 5.96. The van der Waals surface area contributed by atoms with Crippen molar-refractivity contribution in [2.75, 3.05) is 0 Å². The molecule has 0 spiro atoms. The van der Waals surface area contributed by atoms with Crippen LogP contribution in [0.4, 0.5) is 0 Å². The summed E-state index contributed by atoms with van der Waals surface area (Å²) in [5.41, 5.74) is 4.35. The first-order valence-electron chi connectivity index (χ1n) is 5.91. The molecule has 0 amide bonds. The molecule has 3 aromatic rings. The van der Waals surface area contributed by atoms with Crippen LogP contribution in [0.1, 0.15) is 0 Å². The SMILES string of the molecule is Cn1ccc(-c2[c-]cccc2-c2ccccc2)n1.[Ir]. The molecule has 97 valence electrons. The van der Waals surface area contributed by atoms with Crippen LogP contribution in [-0.2, 0) is 27.2 Å². The van der Waals surface area contributed by atoms with Crippen molar-refractivity contribution in [3.63, 3.8) is 0 Å². The Hall–Kier alpha value is -1.70. The first-order chi connectivity index (χ1) is 8.84. The van der Waals surface area contributed by atoms with E-state index in [2.05, 4.69) is 29.4 Å². The third-order valence-electron chi connectivity index (χ3n) is 2.91. The number of rotatable bonds is 2. The summed E-state index contributed by atoms with van der Waals surface area (Å²) in [6.07, 6.45) is 1.95. The van der Waals surface area contributed by atoms with Crippen molar-refractivity contribution in [3.8, 4) is 22.4 Å². The zero-order valence-electron chi connectivity index (χ0n) is 10.5. The molecular weight excluding hydrogens is 412 g/mol. The van der Waals surface area contributed by atoms with Gasteiger partial charge >= 0.3 is 0 Å². The zero-order chi connectivity index (χ0) is 12.4. The van der Waals surface area contributed by atoms with Gasteiger partial charge in [0.15, 0.2) is 0 Å². The topological polar surface area (TPSA) is 17.8 Å². The molecule has 19 heavy (non-hydrogen) atoms. The van der Waals surface area contributed by atoms with Gasteiger partial charge in [-0.25, -0.2) is 5.10 Å². The van der Waals surface area contributed by atoms with Crippen molar-refractivity contribution in [1.82, 2.24) is 9.78 Å². The van der Waals surface area contributed by atoms with E-state index in [-0.39, 0.29) is 20.1 Å². The van der Waals surface area contributed by atoms with Crippen molar-refractivity contribution >= 4 is 0 Å². The van der Waals surface area contributed by atoms with Crippen LogP contribution in [0.5, 0.6) is 0 Å². The van der Waals surface area contributed by atoms with Gasteiger partial charge in [0.2, 0.25) is 0 Å². The molecule has 1 heterocycles. The summed E-state index contributed by atoms with van der Waals surface area (Å²) in [6.45, 7) is 0. The number of aryl methyl sites for hydroxylation is 1. The van der Waals surface area contributed by atoms with E-state index in [1.807, 2.05) is 54.3 Å². The largest absolute Gasteiger partial charge is 0.285 e. The van der Waals surface area contributed by atoms with Gasteiger partial charge in [0, 0.05) is 39.0 Å². The molecule has 0 fully saturated rings. The average molecular weight is 426 g/mol. The maximum atomic E-state index is 4.45.